The highest BCUT2D eigenvalue weighted by Gasteiger charge is 2.50. The summed E-state index contributed by atoms with van der Waals surface area (Å²) in [5.41, 5.74) is 2.97. The first-order valence-electron chi connectivity index (χ1n) is 14.1. The Hall–Kier alpha value is -4.24. The Balaban J connectivity index is 1.34. The molecule has 214 valence electrons. The standard InChI is InChI=1S/C32H36FN5O3/c1-35-23-30(39)37-28(20-25-13-6-3-7-14-25)31(40)36(19-9-8-12-24-10-4-2-5-11-24)22-29(37)38(35)32(41)34-21-26-15-17-27(33)18-16-26/h2-7,10-11,13-18,28-29H,8-9,12,19-23H2,1H3,(H,34,41)/t28-,29-/m0/s1. The van der Waals surface area contributed by atoms with Crippen LogP contribution in [0.25, 0.3) is 0 Å². The normalized spacial score (nSPS) is 19.3. The molecule has 2 aliphatic rings. The van der Waals surface area contributed by atoms with Gasteiger partial charge in [-0.2, -0.15) is 0 Å². The highest BCUT2D eigenvalue weighted by molar-refractivity contribution is 5.91. The molecule has 0 aliphatic carbocycles. The second-order valence-corrected chi connectivity index (χ2v) is 10.7. The molecule has 0 saturated carbocycles. The number of aryl methyl sites for hydroxylation is 1. The van der Waals surface area contributed by atoms with Crippen molar-refractivity contribution in [3.8, 4) is 0 Å². The first kappa shape index (κ1) is 28.3. The minimum atomic E-state index is -0.709. The number of nitrogens with zero attached hydrogens (tertiary/aromatic N) is 4. The zero-order valence-corrected chi connectivity index (χ0v) is 23.3. The molecule has 0 radical (unpaired) electrons. The largest absolute Gasteiger partial charge is 0.337 e. The van der Waals surface area contributed by atoms with Gasteiger partial charge in [0.2, 0.25) is 11.8 Å². The number of halogens is 1. The number of hydrogen-bond donors (Lipinski definition) is 1. The lowest BCUT2D eigenvalue weighted by Crippen LogP contribution is -2.76. The van der Waals surface area contributed by atoms with E-state index in [9.17, 15) is 18.8 Å². The van der Waals surface area contributed by atoms with Gasteiger partial charge in [0.1, 0.15) is 18.0 Å². The maximum Gasteiger partial charge on any atom is 0.334 e. The Morgan fingerprint density at radius 1 is 0.878 bits per heavy atom. The van der Waals surface area contributed by atoms with Crippen LogP contribution in [0.1, 0.15) is 29.5 Å². The van der Waals surface area contributed by atoms with Gasteiger partial charge in [-0.05, 0) is 48.1 Å². The predicted octanol–water partition coefficient (Wildman–Crippen LogP) is 3.83. The van der Waals surface area contributed by atoms with Crippen LogP contribution >= 0.6 is 0 Å². The lowest BCUT2D eigenvalue weighted by Gasteiger charge is -2.54. The van der Waals surface area contributed by atoms with Gasteiger partial charge in [0.05, 0.1) is 13.1 Å². The smallest absolute Gasteiger partial charge is 0.334 e. The Bertz CT molecular complexity index is 1340. The number of hydrazine groups is 1. The van der Waals surface area contributed by atoms with Crippen molar-refractivity contribution in [2.24, 2.45) is 0 Å². The van der Waals surface area contributed by atoms with Gasteiger partial charge in [-0.15, -0.1) is 0 Å². The Morgan fingerprint density at radius 3 is 2.22 bits per heavy atom. The van der Waals surface area contributed by atoms with E-state index in [0.717, 1.165) is 30.4 Å². The maximum atomic E-state index is 13.9. The molecule has 4 amide bonds. The van der Waals surface area contributed by atoms with Gasteiger partial charge in [-0.3, -0.25) is 9.59 Å². The average molecular weight is 558 g/mol. The zero-order chi connectivity index (χ0) is 28.8. The summed E-state index contributed by atoms with van der Waals surface area (Å²) in [5, 5.41) is 6.07. The molecule has 2 aliphatic heterocycles. The summed E-state index contributed by atoms with van der Waals surface area (Å²) >= 11 is 0. The van der Waals surface area contributed by atoms with Crippen molar-refractivity contribution in [2.75, 3.05) is 26.7 Å². The molecule has 3 aromatic carbocycles. The monoisotopic (exact) mass is 557 g/mol. The zero-order valence-electron chi connectivity index (χ0n) is 23.3. The van der Waals surface area contributed by atoms with Gasteiger partial charge in [-0.1, -0.05) is 72.8 Å². The van der Waals surface area contributed by atoms with Crippen LogP contribution in [-0.4, -0.2) is 76.6 Å². The van der Waals surface area contributed by atoms with Crippen LogP contribution < -0.4 is 5.32 Å². The van der Waals surface area contributed by atoms with E-state index in [0.29, 0.717) is 13.0 Å². The summed E-state index contributed by atoms with van der Waals surface area (Å²) in [6, 6.07) is 24.8. The molecule has 5 rings (SSSR count). The summed E-state index contributed by atoms with van der Waals surface area (Å²) in [6.07, 6.45) is 2.38. The average Bonchev–Trinajstić information content (AvgIpc) is 2.98. The number of hydrogen-bond acceptors (Lipinski definition) is 4. The maximum absolute atomic E-state index is 13.9. The van der Waals surface area contributed by atoms with Crippen LogP contribution in [0.2, 0.25) is 0 Å². The van der Waals surface area contributed by atoms with Crippen molar-refractivity contribution in [3.05, 3.63) is 107 Å². The Morgan fingerprint density at radius 2 is 1.54 bits per heavy atom. The highest BCUT2D eigenvalue weighted by Crippen LogP contribution is 2.28. The quantitative estimate of drug-likeness (QED) is 0.406. The van der Waals surface area contributed by atoms with E-state index in [1.165, 1.54) is 17.7 Å². The third-order valence-electron chi connectivity index (χ3n) is 7.76. The van der Waals surface area contributed by atoms with Gasteiger partial charge in [0.15, 0.2) is 0 Å². The summed E-state index contributed by atoms with van der Waals surface area (Å²) < 4.78 is 13.3. The topological polar surface area (TPSA) is 76.2 Å². The molecule has 0 bridgehead atoms. The Labute approximate surface area is 240 Å². The van der Waals surface area contributed by atoms with Gasteiger partial charge in [-0.25, -0.2) is 19.2 Å². The molecule has 9 heteroatoms. The summed E-state index contributed by atoms with van der Waals surface area (Å²) in [6.45, 7) is 0.968. The number of likely N-dealkylation sites (N-methyl/N-ethyl adjacent to an activating group) is 1. The van der Waals surface area contributed by atoms with E-state index in [-0.39, 0.29) is 43.3 Å². The van der Waals surface area contributed by atoms with E-state index < -0.39 is 12.2 Å². The SMILES string of the molecule is CN1CC(=O)N2[C@@H](Cc3ccccc3)C(=O)N(CCCCc3ccccc3)C[C@@H]2N1C(=O)NCc1ccc(F)cc1. The lowest BCUT2D eigenvalue weighted by atomic mass is 9.98. The number of nitrogens with one attached hydrogen (secondary N) is 1. The minimum absolute atomic E-state index is 0.0177. The molecule has 1 N–H and O–H groups in total. The lowest BCUT2D eigenvalue weighted by molar-refractivity contribution is -0.186. The molecule has 0 aromatic heterocycles. The number of carbonyl (C=O) groups is 3. The van der Waals surface area contributed by atoms with Crippen molar-refractivity contribution in [1.29, 1.82) is 0 Å². The second kappa shape index (κ2) is 13.0. The fourth-order valence-electron chi connectivity index (χ4n) is 5.68. The predicted molar refractivity (Wildman–Crippen MR) is 154 cm³/mol. The number of carbonyl (C=O) groups excluding carboxylic acids is 3. The molecule has 2 fully saturated rings. The van der Waals surface area contributed by atoms with Crippen LogP contribution in [0.4, 0.5) is 9.18 Å². The van der Waals surface area contributed by atoms with E-state index in [2.05, 4.69) is 17.4 Å². The molecular formula is C32H36FN5O3. The van der Waals surface area contributed by atoms with Crippen LogP contribution in [0, 0.1) is 5.82 Å². The minimum Gasteiger partial charge on any atom is -0.337 e. The van der Waals surface area contributed by atoms with E-state index in [1.54, 1.807) is 34.1 Å². The van der Waals surface area contributed by atoms with Crippen LogP contribution in [-0.2, 0) is 29.0 Å². The number of rotatable bonds is 9. The van der Waals surface area contributed by atoms with Gasteiger partial charge in [0.25, 0.3) is 0 Å². The van der Waals surface area contributed by atoms with E-state index in [1.807, 2.05) is 53.4 Å². The van der Waals surface area contributed by atoms with Crippen molar-refractivity contribution in [3.63, 3.8) is 0 Å². The van der Waals surface area contributed by atoms with Crippen LogP contribution in [0.3, 0.4) is 0 Å². The Kier molecular flexibility index (Phi) is 8.94. The molecule has 8 nitrogen and oxygen atoms in total. The number of fused-ring (bicyclic) bond motifs is 1. The fraction of sp³-hybridized carbons (Fsp3) is 0.344. The highest BCUT2D eigenvalue weighted by atomic mass is 19.1. The van der Waals surface area contributed by atoms with Crippen molar-refractivity contribution < 1.29 is 18.8 Å². The number of benzene rings is 3. The van der Waals surface area contributed by atoms with Gasteiger partial charge >= 0.3 is 6.03 Å². The molecule has 0 spiro atoms. The fourth-order valence-corrected chi connectivity index (χ4v) is 5.68. The molecule has 41 heavy (non-hydrogen) atoms. The molecular weight excluding hydrogens is 521 g/mol. The van der Waals surface area contributed by atoms with E-state index >= 15 is 0 Å². The van der Waals surface area contributed by atoms with Gasteiger partial charge in [0, 0.05) is 26.6 Å². The summed E-state index contributed by atoms with van der Waals surface area (Å²) in [4.78, 5) is 44.2. The number of unbranched alkanes of at least 4 members (excludes halogenated alkanes) is 1. The molecule has 3 aromatic rings. The number of piperazine rings is 1. The molecule has 0 unspecified atom stereocenters. The molecule has 2 heterocycles. The third-order valence-corrected chi connectivity index (χ3v) is 7.76. The van der Waals surface area contributed by atoms with Crippen molar-refractivity contribution >= 4 is 17.8 Å². The van der Waals surface area contributed by atoms with Crippen molar-refractivity contribution in [2.45, 2.75) is 44.4 Å². The summed E-state index contributed by atoms with van der Waals surface area (Å²) in [5.74, 6) is -0.613. The number of urea groups is 1. The van der Waals surface area contributed by atoms with Gasteiger partial charge < -0.3 is 15.1 Å². The first-order chi connectivity index (χ1) is 19.9. The van der Waals surface area contributed by atoms with E-state index in [4.69, 9.17) is 0 Å². The van der Waals surface area contributed by atoms with Crippen molar-refractivity contribution in [1.82, 2.24) is 25.1 Å². The molecule has 2 atom stereocenters. The third kappa shape index (κ3) is 6.74. The molecule has 2 saturated heterocycles. The van der Waals surface area contributed by atoms with Crippen LogP contribution in [0.5, 0.6) is 0 Å². The van der Waals surface area contributed by atoms with Crippen LogP contribution in [0.15, 0.2) is 84.9 Å². The first-order valence-corrected chi connectivity index (χ1v) is 14.1. The summed E-state index contributed by atoms with van der Waals surface area (Å²) in [7, 11) is 1.71. The second-order valence-electron chi connectivity index (χ2n) is 10.7. The number of amides is 4.